The number of aromatic nitrogens is 2. The van der Waals surface area contributed by atoms with Crippen LogP contribution >= 0.6 is 0 Å². The lowest BCUT2D eigenvalue weighted by atomic mass is 9.92. The van der Waals surface area contributed by atoms with Crippen LogP contribution < -0.4 is 5.32 Å². The molecular weight excluding hydrogens is 270 g/mol. The molecule has 0 aliphatic rings. The molecule has 1 rings (SSSR count). The second-order valence-corrected chi connectivity index (χ2v) is 5.11. The molecule has 0 radical (unpaired) electrons. The minimum Gasteiger partial charge on any atom is -0.480 e. The van der Waals surface area contributed by atoms with Crippen molar-refractivity contribution in [2.24, 2.45) is 5.92 Å². The minimum absolute atomic E-state index is 0.130. The van der Waals surface area contributed by atoms with Crippen molar-refractivity contribution in [3.05, 3.63) is 24.3 Å². The molecule has 0 aliphatic heterocycles. The van der Waals surface area contributed by atoms with E-state index < -0.39 is 17.9 Å². The number of rotatable bonds is 9. The highest BCUT2D eigenvalue weighted by Crippen LogP contribution is 2.19. The first-order valence-electron chi connectivity index (χ1n) is 7.38. The molecule has 2 N–H and O–H groups in total. The molecule has 1 aromatic heterocycles. The van der Waals surface area contributed by atoms with Crippen molar-refractivity contribution >= 4 is 11.9 Å². The van der Waals surface area contributed by atoms with E-state index in [4.69, 9.17) is 0 Å². The number of carbonyl (C=O) groups is 2. The van der Waals surface area contributed by atoms with E-state index in [2.05, 4.69) is 22.2 Å². The molecule has 0 saturated carbocycles. The lowest BCUT2D eigenvalue weighted by molar-refractivity contribution is -0.139. The second-order valence-electron chi connectivity index (χ2n) is 5.11. The van der Waals surface area contributed by atoms with Gasteiger partial charge in [-0.25, -0.2) is 9.78 Å². The number of carboxylic acid groups (broad SMARTS) is 1. The summed E-state index contributed by atoms with van der Waals surface area (Å²) < 4.78 is 0. The smallest absolute Gasteiger partial charge is 0.326 e. The average molecular weight is 293 g/mol. The van der Waals surface area contributed by atoms with Gasteiger partial charge >= 0.3 is 5.97 Å². The Labute approximate surface area is 125 Å². The summed E-state index contributed by atoms with van der Waals surface area (Å²) in [5.41, 5.74) is 0.130. The molecule has 6 heteroatoms. The van der Waals surface area contributed by atoms with Crippen LogP contribution in [-0.4, -0.2) is 33.0 Å². The Bertz CT molecular complexity index is 451. The third-order valence-electron chi connectivity index (χ3n) is 3.51. The molecule has 116 valence electrons. The maximum Gasteiger partial charge on any atom is 0.326 e. The van der Waals surface area contributed by atoms with Gasteiger partial charge in [-0.05, 0) is 12.3 Å². The summed E-state index contributed by atoms with van der Waals surface area (Å²) in [4.78, 5) is 31.0. The molecule has 0 fully saturated rings. The van der Waals surface area contributed by atoms with Crippen LogP contribution in [-0.2, 0) is 4.79 Å². The predicted molar refractivity (Wildman–Crippen MR) is 78.8 cm³/mol. The topological polar surface area (TPSA) is 92.2 Å². The van der Waals surface area contributed by atoms with Gasteiger partial charge in [0, 0.05) is 12.4 Å². The number of amides is 1. The summed E-state index contributed by atoms with van der Waals surface area (Å²) in [6.45, 7) is 4.15. The van der Waals surface area contributed by atoms with Gasteiger partial charge in [-0.1, -0.05) is 39.5 Å². The summed E-state index contributed by atoms with van der Waals surface area (Å²) in [6, 6.07) is -0.888. The number of aliphatic carboxylic acids is 1. The molecule has 0 bridgehead atoms. The SMILES string of the molecule is CCCCC(CC)C[C@H](NC(=O)c1cnccn1)C(=O)O. The number of nitrogens with one attached hydrogen (secondary N) is 1. The van der Waals surface area contributed by atoms with Crippen molar-refractivity contribution < 1.29 is 14.7 Å². The molecular formula is C15H23N3O3. The van der Waals surface area contributed by atoms with Gasteiger partial charge < -0.3 is 10.4 Å². The molecule has 0 spiro atoms. The molecule has 1 amide bonds. The molecule has 1 aromatic rings. The minimum atomic E-state index is -1.01. The maximum atomic E-state index is 12.0. The van der Waals surface area contributed by atoms with Crippen LogP contribution in [0, 0.1) is 5.92 Å². The van der Waals surface area contributed by atoms with Crippen molar-refractivity contribution in [3.63, 3.8) is 0 Å². The summed E-state index contributed by atoms with van der Waals surface area (Å²) in [7, 11) is 0. The van der Waals surface area contributed by atoms with Gasteiger partial charge in [0.1, 0.15) is 11.7 Å². The van der Waals surface area contributed by atoms with Gasteiger partial charge in [0.25, 0.3) is 5.91 Å². The molecule has 1 heterocycles. The van der Waals surface area contributed by atoms with Crippen LogP contribution in [0.3, 0.4) is 0 Å². The fourth-order valence-electron chi connectivity index (χ4n) is 2.18. The highest BCUT2D eigenvalue weighted by Gasteiger charge is 2.24. The highest BCUT2D eigenvalue weighted by molar-refractivity contribution is 5.94. The zero-order valence-corrected chi connectivity index (χ0v) is 12.6. The molecule has 6 nitrogen and oxygen atoms in total. The summed E-state index contributed by atoms with van der Waals surface area (Å²) in [5.74, 6) is -1.21. The summed E-state index contributed by atoms with van der Waals surface area (Å²) in [5, 5.41) is 11.8. The van der Waals surface area contributed by atoms with Gasteiger partial charge in [-0.2, -0.15) is 0 Å². The Hall–Kier alpha value is -1.98. The zero-order valence-electron chi connectivity index (χ0n) is 12.6. The fraction of sp³-hybridized carbons (Fsp3) is 0.600. The number of nitrogens with zero attached hydrogens (tertiary/aromatic N) is 2. The van der Waals surface area contributed by atoms with Crippen molar-refractivity contribution in [2.75, 3.05) is 0 Å². The first-order chi connectivity index (χ1) is 10.1. The van der Waals surface area contributed by atoms with E-state index in [9.17, 15) is 14.7 Å². The average Bonchev–Trinajstić information content (AvgIpc) is 2.50. The van der Waals surface area contributed by atoms with Gasteiger partial charge in [0.05, 0.1) is 6.20 Å². The van der Waals surface area contributed by atoms with Crippen LogP contribution in [0.5, 0.6) is 0 Å². The predicted octanol–water partition coefficient (Wildman–Crippen LogP) is 2.27. The molecule has 0 aromatic carbocycles. The van der Waals surface area contributed by atoms with Crippen molar-refractivity contribution in [1.29, 1.82) is 0 Å². The zero-order chi connectivity index (χ0) is 15.7. The number of hydrogen-bond donors (Lipinski definition) is 2. The van der Waals surface area contributed by atoms with Crippen molar-refractivity contribution in [1.82, 2.24) is 15.3 Å². The molecule has 21 heavy (non-hydrogen) atoms. The second kappa shape index (κ2) is 9.05. The van der Waals surface area contributed by atoms with Gasteiger partial charge in [0.15, 0.2) is 0 Å². The molecule has 2 atom stereocenters. The maximum absolute atomic E-state index is 12.0. The molecule has 0 aliphatic carbocycles. The molecule has 0 saturated heterocycles. The van der Waals surface area contributed by atoms with Crippen LogP contribution in [0.4, 0.5) is 0 Å². The van der Waals surface area contributed by atoms with Gasteiger partial charge in [-0.15, -0.1) is 0 Å². The number of unbranched alkanes of at least 4 members (excludes halogenated alkanes) is 1. The summed E-state index contributed by atoms with van der Waals surface area (Å²) >= 11 is 0. The Balaban J connectivity index is 2.65. The third-order valence-corrected chi connectivity index (χ3v) is 3.51. The lowest BCUT2D eigenvalue weighted by Gasteiger charge is -2.20. The molecule has 1 unspecified atom stereocenters. The standard InChI is InChI=1S/C15H23N3O3/c1-3-5-6-11(4-2)9-12(15(20)21)18-14(19)13-10-16-7-8-17-13/h7-8,10-12H,3-6,9H2,1-2H3,(H,18,19)(H,20,21)/t11?,12-/m0/s1. The van der Waals surface area contributed by atoms with Crippen LogP contribution in [0.15, 0.2) is 18.6 Å². The largest absolute Gasteiger partial charge is 0.480 e. The first kappa shape index (κ1) is 17.1. The van der Waals surface area contributed by atoms with Crippen molar-refractivity contribution in [3.8, 4) is 0 Å². The summed E-state index contributed by atoms with van der Waals surface area (Å²) in [6.07, 6.45) is 8.68. The monoisotopic (exact) mass is 293 g/mol. The Morgan fingerprint density at radius 3 is 2.62 bits per heavy atom. The van der Waals surface area contributed by atoms with Crippen LogP contribution in [0.1, 0.15) is 56.4 Å². The Morgan fingerprint density at radius 1 is 1.33 bits per heavy atom. The van der Waals surface area contributed by atoms with E-state index in [1.165, 1.54) is 18.6 Å². The fourth-order valence-corrected chi connectivity index (χ4v) is 2.18. The van der Waals surface area contributed by atoms with Gasteiger partial charge in [-0.3, -0.25) is 9.78 Å². The van der Waals surface area contributed by atoms with E-state index in [0.717, 1.165) is 25.7 Å². The van der Waals surface area contributed by atoms with Crippen LogP contribution in [0.25, 0.3) is 0 Å². The number of hydrogen-bond acceptors (Lipinski definition) is 4. The lowest BCUT2D eigenvalue weighted by Crippen LogP contribution is -2.42. The van der Waals surface area contributed by atoms with Crippen molar-refractivity contribution in [2.45, 2.75) is 52.0 Å². The normalized spacial score (nSPS) is 13.4. The van der Waals surface area contributed by atoms with E-state index in [-0.39, 0.29) is 5.69 Å². The third kappa shape index (κ3) is 5.89. The van der Waals surface area contributed by atoms with E-state index in [1.54, 1.807) is 0 Å². The van der Waals surface area contributed by atoms with E-state index >= 15 is 0 Å². The first-order valence-corrected chi connectivity index (χ1v) is 7.38. The Morgan fingerprint density at radius 2 is 2.10 bits per heavy atom. The Kier molecular flexibility index (Phi) is 7.36. The van der Waals surface area contributed by atoms with E-state index in [1.807, 2.05) is 6.92 Å². The van der Waals surface area contributed by atoms with E-state index in [0.29, 0.717) is 12.3 Å². The highest BCUT2D eigenvalue weighted by atomic mass is 16.4. The number of carbonyl (C=O) groups excluding carboxylic acids is 1. The van der Waals surface area contributed by atoms with Crippen LogP contribution in [0.2, 0.25) is 0 Å². The quantitative estimate of drug-likeness (QED) is 0.728. The number of carboxylic acids is 1. The van der Waals surface area contributed by atoms with Gasteiger partial charge in [0.2, 0.25) is 0 Å².